The van der Waals surface area contributed by atoms with Crippen molar-refractivity contribution in [3.8, 4) is 17.8 Å². The third kappa shape index (κ3) is 2.05. The summed E-state index contributed by atoms with van der Waals surface area (Å²) in [5.74, 6) is 0. The molecule has 0 saturated heterocycles. The number of hydrogen-bond acceptors (Lipinski definition) is 3. The van der Waals surface area contributed by atoms with Crippen LogP contribution in [0.4, 0.5) is 0 Å². The van der Waals surface area contributed by atoms with Crippen molar-refractivity contribution < 1.29 is 0 Å². The molecule has 0 fully saturated rings. The predicted molar refractivity (Wildman–Crippen MR) is 70.5 cm³/mol. The number of aromatic nitrogens is 2. The van der Waals surface area contributed by atoms with Crippen molar-refractivity contribution in [3.05, 3.63) is 50.8 Å². The quantitative estimate of drug-likeness (QED) is 0.777. The molecule has 0 bridgehead atoms. The van der Waals surface area contributed by atoms with Gasteiger partial charge in [0.1, 0.15) is 17.7 Å². The number of nitrogens with one attached hydrogen (secondary N) is 1. The van der Waals surface area contributed by atoms with Crippen molar-refractivity contribution >= 4 is 12.2 Å². The van der Waals surface area contributed by atoms with Gasteiger partial charge in [-0.1, -0.05) is 24.3 Å². The number of aryl methyl sites for hydroxylation is 1. The Labute approximate surface area is 108 Å². The molecule has 2 rings (SSSR count). The van der Waals surface area contributed by atoms with Gasteiger partial charge in [-0.15, -0.1) is 0 Å². The minimum Gasteiger partial charge on any atom is -0.291 e. The molecule has 92 valence electrons. The summed E-state index contributed by atoms with van der Waals surface area (Å²) >= 11 is 0. The summed E-state index contributed by atoms with van der Waals surface area (Å²) < 4.78 is 1.27. The molecule has 1 aromatic heterocycles. The first-order valence-corrected chi connectivity index (χ1v) is 5.50. The molecule has 0 unspecified atom stereocenters. The van der Waals surface area contributed by atoms with Gasteiger partial charge in [-0.25, -0.2) is 4.68 Å². The van der Waals surface area contributed by atoms with Crippen LogP contribution in [0.2, 0.25) is 0 Å². The van der Waals surface area contributed by atoms with Crippen molar-refractivity contribution in [2.75, 3.05) is 0 Å². The molecule has 0 saturated carbocycles. The number of rotatable bonds is 1. The van der Waals surface area contributed by atoms with Crippen LogP contribution in [0.25, 0.3) is 17.8 Å². The van der Waals surface area contributed by atoms with Crippen molar-refractivity contribution in [2.24, 2.45) is 0 Å². The second-order valence-electron chi connectivity index (χ2n) is 4.04. The molecule has 19 heavy (non-hydrogen) atoms. The molecular weight excluding hydrogens is 240 g/mol. The monoisotopic (exact) mass is 250 g/mol. The maximum absolute atomic E-state index is 12.2. The van der Waals surface area contributed by atoms with Gasteiger partial charge >= 0.3 is 0 Å². The van der Waals surface area contributed by atoms with Gasteiger partial charge in [-0.05, 0) is 19.1 Å². The Morgan fingerprint density at radius 2 is 1.84 bits per heavy atom. The minimum absolute atomic E-state index is 0.0191. The average molecular weight is 250 g/mol. The number of nitrogens with zero attached hydrogens (tertiary/aromatic N) is 3. The van der Waals surface area contributed by atoms with E-state index >= 15 is 0 Å². The Kier molecular flexibility index (Phi) is 3.05. The number of aromatic amines is 1. The van der Waals surface area contributed by atoms with Crippen LogP contribution < -0.4 is 16.1 Å². The highest BCUT2D eigenvalue weighted by molar-refractivity contribution is 5.72. The molecule has 0 aliphatic carbocycles. The highest BCUT2D eigenvalue weighted by Gasteiger charge is 2.08. The molecule has 1 aromatic carbocycles. The molecule has 5 heteroatoms. The highest BCUT2D eigenvalue weighted by Crippen LogP contribution is 2.04. The largest absolute Gasteiger partial charge is 0.291 e. The first-order chi connectivity index (χ1) is 9.08. The van der Waals surface area contributed by atoms with E-state index in [1.807, 2.05) is 19.1 Å². The summed E-state index contributed by atoms with van der Waals surface area (Å²) in [5.41, 5.74) is 1.01. The van der Waals surface area contributed by atoms with Gasteiger partial charge in [-0.3, -0.25) is 9.89 Å². The summed E-state index contributed by atoms with van der Waals surface area (Å²) in [6.45, 7) is 5.60. The third-order valence-corrected chi connectivity index (χ3v) is 2.73. The van der Waals surface area contributed by atoms with E-state index in [1.54, 1.807) is 24.3 Å². The number of H-pyrrole nitrogens is 1. The Hall–Kier alpha value is -3.05. The maximum Gasteiger partial charge on any atom is 0.281 e. The van der Waals surface area contributed by atoms with Crippen molar-refractivity contribution in [1.29, 1.82) is 10.5 Å². The fourth-order valence-electron chi connectivity index (χ4n) is 1.75. The lowest BCUT2D eigenvalue weighted by molar-refractivity contribution is 0.838. The predicted octanol–water partition coefficient (Wildman–Crippen LogP) is 0.0822. The van der Waals surface area contributed by atoms with Crippen molar-refractivity contribution in [1.82, 2.24) is 9.78 Å². The van der Waals surface area contributed by atoms with Crippen LogP contribution in [0.5, 0.6) is 0 Å². The van der Waals surface area contributed by atoms with Gasteiger partial charge in [0, 0.05) is 0 Å². The second-order valence-corrected chi connectivity index (χ2v) is 4.04. The van der Waals surface area contributed by atoms with Gasteiger partial charge in [0.05, 0.1) is 16.3 Å². The lowest BCUT2D eigenvalue weighted by Crippen LogP contribution is -2.35. The van der Waals surface area contributed by atoms with E-state index in [-0.39, 0.29) is 16.1 Å². The maximum atomic E-state index is 12.2. The van der Waals surface area contributed by atoms with Crippen LogP contribution in [-0.2, 0) is 0 Å². The summed E-state index contributed by atoms with van der Waals surface area (Å²) in [5, 5.41) is 20.7. The first-order valence-electron chi connectivity index (χ1n) is 5.50. The summed E-state index contributed by atoms with van der Waals surface area (Å²) in [6, 6.07) is 10.7. The van der Waals surface area contributed by atoms with Crippen molar-refractivity contribution in [2.45, 2.75) is 6.92 Å². The summed E-state index contributed by atoms with van der Waals surface area (Å²) in [7, 11) is 0. The Bertz CT molecular complexity index is 854. The molecule has 1 heterocycles. The Balaban J connectivity index is 2.83. The normalized spacial score (nSPS) is 9.63. The zero-order chi connectivity index (χ0) is 14.0. The van der Waals surface area contributed by atoms with E-state index in [9.17, 15) is 4.79 Å². The van der Waals surface area contributed by atoms with E-state index in [0.29, 0.717) is 5.69 Å². The highest BCUT2D eigenvalue weighted by atomic mass is 16.1. The summed E-state index contributed by atoms with van der Waals surface area (Å²) in [4.78, 5) is 12.2. The van der Waals surface area contributed by atoms with Crippen LogP contribution >= 0.6 is 0 Å². The Morgan fingerprint density at radius 3 is 2.37 bits per heavy atom. The van der Waals surface area contributed by atoms with Gasteiger partial charge in [-0.2, -0.15) is 10.5 Å². The minimum atomic E-state index is -0.452. The number of hydrogen-bond donors (Lipinski definition) is 1. The molecule has 0 atom stereocenters. The smallest absolute Gasteiger partial charge is 0.281 e. The zero-order valence-electron chi connectivity index (χ0n) is 10.3. The van der Waals surface area contributed by atoms with Crippen molar-refractivity contribution in [3.63, 3.8) is 0 Å². The standard InChI is InChI=1S/C14H10N4O/c1-9-3-5-12(6-4-9)18-14(19)13(10(2)17-18)11(7-15)8-16/h3-6,17H,2H2,1H3. The van der Waals surface area contributed by atoms with Gasteiger partial charge < -0.3 is 0 Å². The van der Waals surface area contributed by atoms with Crippen LogP contribution in [0.1, 0.15) is 5.56 Å². The topological polar surface area (TPSA) is 85.4 Å². The lowest BCUT2D eigenvalue weighted by Gasteiger charge is -2.00. The summed E-state index contributed by atoms with van der Waals surface area (Å²) in [6.07, 6.45) is 0. The number of nitriles is 2. The molecular formula is C14H10N4O. The van der Waals surface area contributed by atoms with E-state index in [4.69, 9.17) is 10.5 Å². The molecule has 0 amide bonds. The zero-order valence-corrected chi connectivity index (χ0v) is 10.3. The molecule has 0 aliphatic rings. The number of benzene rings is 1. The van der Waals surface area contributed by atoms with Gasteiger partial charge in [0.2, 0.25) is 0 Å². The third-order valence-electron chi connectivity index (χ3n) is 2.73. The average Bonchev–Trinajstić information content (AvgIpc) is 2.69. The lowest BCUT2D eigenvalue weighted by atomic mass is 10.2. The fourth-order valence-corrected chi connectivity index (χ4v) is 1.75. The fraction of sp³-hybridized carbons (Fsp3) is 0.0714. The SMILES string of the molecule is C=c1[nH]n(-c2ccc(C)cc2)c(=O)c1=C(C#N)C#N. The second kappa shape index (κ2) is 4.67. The van der Waals surface area contributed by atoms with E-state index in [0.717, 1.165) is 5.56 Å². The van der Waals surface area contributed by atoms with Gasteiger partial charge in [0.25, 0.3) is 5.56 Å². The Morgan fingerprint density at radius 1 is 1.26 bits per heavy atom. The molecule has 5 nitrogen and oxygen atoms in total. The molecule has 1 N–H and O–H groups in total. The van der Waals surface area contributed by atoms with E-state index in [1.165, 1.54) is 4.68 Å². The van der Waals surface area contributed by atoms with Crippen LogP contribution in [-0.4, -0.2) is 9.78 Å². The first kappa shape index (κ1) is 12.4. The molecule has 0 spiro atoms. The van der Waals surface area contributed by atoms with E-state index in [2.05, 4.69) is 11.7 Å². The molecule has 0 radical (unpaired) electrons. The van der Waals surface area contributed by atoms with Crippen LogP contribution in [0.3, 0.4) is 0 Å². The van der Waals surface area contributed by atoms with Crippen LogP contribution in [0, 0.1) is 29.6 Å². The molecule has 0 aliphatic heterocycles. The molecule has 2 aromatic rings. The van der Waals surface area contributed by atoms with Gasteiger partial charge in [0.15, 0.2) is 0 Å². The van der Waals surface area contributed by atoms with E-state index < -0.39 is 5.56 Å². The van der Waals surface area contributed by atoms with Crippen LogP contribution in [0.15, 0.2) is 29.1 Å².